The van der Waals surface area contributed by atoms with Crippen LogP contribution in [0.1, 0.15) is 30.1 Å². The van der Waals surface area contributed by atoms with Gasteiger partial charge in [-0.1, -0.05) is 18.2 Å². The Hall–Kier alpha value is -2.56. The van der Waals surface area contributed by atoms with Crippen LogP contribution in [-0.4, -0.2) is 20.3 Å². The van der Waals surface area contributed by atoms with Crippen LogP contribution in [0.3, 0.4) is 0 Å². The van der Waals surface area contributed by atoms with Crippen molar-refractivity contribution in [1.82, 2.24) is 19.7 Å². The zero-order chi connectivity index (χ0) is 15.8. The molecule has 1 aromatic carbocycles. The molecule has 0 aliphatic heterocycles. The van der Waals surface area contributed by atoms with Crippen molar-refractivity contribution in [3.05, 3.63) is 54.0 Å². The van der Waals surface area contributed by atoms with Crippen molar-refractivity contribution < 1.29 is 4.79 Å². The van der Waals surface area contributed by atoms with Crippen molar-refractivity contribution >= 4 is 16.8 Å². The van der Waals surface area contributed by atoms with Crippen LogP contribution < -0.4 is 5.32 Å². The van der Waals surface area contributed by atoms with Crippen molar-refractivity contribution in [3.8, 4) is 0 Å². The molecular formula is C18H20N4O. The Balaban J connectivity index is 1.51. The molecule has 5 nitrogen and oxygen atoms in total. The molecule has 23 heavy (non-hydrogen) atoms. The van der Waals surface area contributed by atoms with Gasteiger partial charge in [-0.2, -0.15) is 5.10 Å². The molecule has 1 aliphatic carbocycles. The highest BCUT2D eigenvalue weighted by Crippen LogP contribution is 2.29. The summed E-state index contributed by atoms with van der Waals surface area (Å²) in [7, 11) is 1.97. The predicted molar refractivity (Wildman–Crippen MR) is 89.0 cm³/mol. The van der Waals surface area contributed by atoms with E-state index in [1.165, 1.54) is 11.3 Å². The van der Waals surface area contributed by atoms with Crippen LogP contribution in [0, 0.1) is 0 Å². The molecule has 3 aromatic rings. The van der Waals surface area contributed by atoms with Gasteiger partial charge in [-0.25, -0.2) is 0 Å². The first kappa shape index (κ1) is 14.1. The van der Waals surface area contributed by atoms with Crippen molar-refractivity contribution in [2.45, 2.75) is 31.8 Å². The number of hydrogen-bond donors (Lipinski definition) is 1. The number of rotatable bonds is 3. The molecule has 0 saturated carbocycles. The van der Waals surface area contributed by atoms with Gasteiger partial charge < -0.3 is 9.88 Å². The van der Waals surface area contributed by atoms with E-state index in [9.17, 15) is 4.79 Å². The lowest BCUT2D eigenvalue weighted by Crippen LogP contribution is -2.33. The molecule has 1 amide bonds. The fourth-order valence-corrected chi connectivity index (χ4v) is 3.53. The molecule has 5 heteroatoms. The summed E-state index contributed by atoms with van der Waals surface area (Å²) in [6.45, 7) is 0.347. The third-order valence-electron chi connectivity index (χ3n) is 4.71. The maximum Gasteiger partial charge on any atom is 0.240 e. The standard InChI is InChI=1S/C18H20N4O/c1-21-17-8-4-6-15(14(17)11-19-21)20-18(23)12-22-10-9-13-5-2-3-7-16(13)22/h2-3,5,7,9-11,15H,4,6,8,12H2,1H3,(H,20,23)/t15-/m1/s1. The van der Waals surface area contributed by atoms with Gasteiger partial charge in [-0.3, -0.25) is 9.48 Å². The zero-order valence-electron chi connectivity index (χ0n) is 13.2. The average molecular weight is 308 g/mol. The molecule has 1 N–H and O–H groups in total. The number of hydrogen-bond acceptors (Lipinski definition) is 2. The van der Waals surface area contributed by atoms with Crippen LogP contribution in [0.5, 0.6) is 0 Å². The minimum atomic E-state index is 0.0491. The summed E-state index contributed by atoms with van der Waals surface area (Å²) in [5.74, 6) is 0.0491. The summed E-state index contributed by atoms with van der Waals surface area (Å²) < 4.78 is 3.92. The first-order valence-electron chi connectivity index (χ1n) is 8.06. The highest BCUT2D eigenvalue weighted by atomic mass is 16.2. The lowest BCUT2D eigenvalue weighted by Gasteiger charge is -2.24. The van der Waals surface area contributed by atoms with Crippen molar-refractivity contribution in [2.24, 2.45) is 7.05 Å². The van der Waals surface area contributed by atoms with E-state index < -0.39 is 0 Å². The van der Waals surface area contributed by atoms with Gasteiger partial charge in [-0.05, 0) is 36.8 Å². The number of nitrogens with zero attached hydrogens (tertiary/aromatic N) is 3. The molecule has 0 radical (unpaired) electrons. The molecule has 1 aliphatic rings. The van der Waals surface area contributed by atoms with E-state index in [1.54, 1.807) is 0 Å². The summed E-state index contributed by atoms with van der Waals surface area (Å²) in [5, 5.41) is 8.67. The van der Waals surface area contributed by atoms with Crippen molar-refractivity contribution in [2.75, 3.05) is 0 Å². The van der Waals surface area contributed by atoms with Gasteiger partial charge in [0.1, 0.15) is 6.54 Å². The maximum absolute atomic E-state index is 12.5. The van der Waals surface area contributed by atoms with E-state index >= 15 is 0 Å². The van der Waals surface area contributed by atoms with Gasteiger partial charge in [0, 0.05) is 30.0 Å². The van der Waals surface area contributed by atoms with E-state index in [4.69, 9.17) is 0 Å². The molecule has 0 spiro atoms. The number of benzene rings is 1. The third-order valence-corrected chi connectivity index (χ3v) is 4.71. The van der Waals surface area contributed by atoms with Crippen LogP contribution in [0.2, 0.25) is 0 Å². The lowest BCUT2D eigenvalue weighted by atomic mass is 9.93. The fourth-order valence-electron chi connectivity index (χ4n) is 3.53. The zero-order valence-corrected chi connectivity index (χ0v) is 13.2. The van der Waals surface area contributed by atoms with Crippen LogP contribution >= 0.6 is 0 Å². The topological polar surface area (TPSA) is 51.9 Å². The van der Waals surface area contributed by atoms with Gasteiger partial charge in [-0.15, -0.1) is 0 Å². The molecule has 2 aromatic heterocycles. The second-order valence-corrected chi connectivity index (χ2v) is 6.18. The molecular weight excluding hydrogens is 288 g/mol. The summed E-state index contributed by atoms with van der Waals surface area (Å²) in [6.07, 6.45) is 6.98. The van der Waals surface area contributed by atoms with E-state index in [1.807, 2.05) is 53.0 Å². The summed E-state index contributed by atoms with van der Waals surface area (Å²) >= 11 is 0. The number of fused-ring (bicyclic) bond motifs is 2. The van der Waals surface area contributed by atoms with E-state index in [0.717, 1.165) is 30.2 Å². The molecule has 0 unspecified atom stereocenters. The number of para-hydroxylation sites is 1. The first-order valence-corrected chi connectivity index (χ1v) is 8.06. The van der Waals surface area contributed by atoms with E-state index in [0.29, 0.717) is 6.54 Å². The molecule has 4 rings (SSSR count). The minimum Gasteiger partial charge on any atom is -0.348 e. The highest BCUT2D eigenvalue weighted by molar-refractivity contribution is 5.83. The number of carbonyl (C=O) groups excluding carboxylic acids is 1. The van der Waals surface area contributed by atoms with Crippen LogP contribution in [0.4, 0.5) is 0 Å². The van der Waals surface area contributed by atoms with Crippen LogP contribution in [0.25, 0.3) is 10.9 Å². The largest absolute Gasteiger partial charge is 0.348 e. The molecule has 1 atom stereocenters. The Morgan fingerprint density at radius 3 is 3.13 bits per heavy atom. The normalized spacial score (nSPS) is 17.2. The van der Waals surface area contributed by atoms with Gasteiger partial charge in [0.25, 0.3) is 0 Å². The Morgan fingerprint density at radius 1 is 1.35 bits per heavy atom. The molecule has 118 valence electrons. The molecule has 2 heterocycles. The number of nitrogens with one attached hydrogen (secondary N) is 1. The van der Waals surface area contributed by atoms with E-state index in [-0.39, 0.29) is 11.9 Å². The quantitative estimate of drug-likeness (QED) is 0.808. The Labute approximate surface area is 134 Å². The monoisotopic (exact) mass is 308 g/mol. The second-order valence-electron chi connectivity index (χ2n) is 6.18. The van der Waals surface area contributed by atoms with Gasteiger partial charge in [0.2, 0.25) is 5.91 Å². The fraction of sp³-hybridized carbons (Fsp3) is 0.333. The number of aryl methyl sites for hydroxylation is 1. The predicted octanol–water partition coefficient (Wildman–Crippen LogP) is 2.57. The Morgan fingerprint density at radius 2 is 2.22 bits per heavy atom. The summed E-state index contributed by atoms with van der Waals surface area (Å²) in [5.41, 5.74) is 3.51. The van der Waals surface area contributed by atoms with Crippen LogP contribution in [-0.2, 0) is 24.8 Å². The first-order chi connectivity index (χ1) is 11.2. The maximum atomic E-state index is 12.5. The summed E-state index contributed by atoms with van der Waals surface area (Å²) in [6, 6.07) is 10.2. The average Bonchev–Trinajstić information content (AvgIpc) is 3.13. The van der Waals surface area contributed by atoms with Gasteiger partial charge in [0.05, 0.1) is 12.2 Å². The van der Waals surface area contributed by atoms with Crippen LogP contribution in [0.15, 0.2) is 42.7 Å². The molecule has 0 bridgehead atoms. The highest BCUT2D eigenvalue weighted by Gasteiger charge is 2.24. The molecule has 0 fully saturated rings. The van der Waals surface area contributed by atoms with Crippen molar-refractivity contribution in [3.63, 3.8) is 0 Å². The minimum absolute atomic E-state index is 0.0491. The smallest absolute Gasteiger partial charge is 0.240 e. The second kappa shape index (κ2) is 5.57. The summed E-state index contributed by atoms with van der Waals surface area (Å²) in [4.78, 5) is 12.5. The number of aromatic nitrogens is 3. The Kier molecular flexibility index (Phi) is 3.41. The third kappa shape index (κ3) is 2.52. The van der Waals surface area contributed by atoms with Gasteiger partial charge >= 0.3 is 0 Å². The molecule has 0 saturated heterocycles. The number of carbonyl (C=O) groups is 1. The SMILES string of the molecule is Cn1ncc2c1CCC[C@H]2NC(=O)Cn1ccc2ccccc21. The van der Waals surface area contributed by atoms with E-state index in [2.05, 4.69) is 16.5 Å². The number of amides is 1. The van der Waals surface area contributed by atoms with Gasteiger partial charge in [0.15, 0.2) is 0 Å². The Bertz CT molecular complexity index is 861. The van der Waals surface area contributed by atoms with Crippen molar-refractivity contribution in [1.29, 1.82) is 0 Å². The lowest BCUT2D eigenvalue weighted by molar-refractivity contribution is -0.122.